The van der Waals surface area contributed by atoms with Gasteiger partial charge in [-0.05, 0) is 37.1 Å². The molecule has 0 radical (unpaired) electrons. The number of benzene rings is 1. The fourth-order valence-corrected chi connectivity index (χ4v) is 2.78. The van der Waals surface area contributed by atoms with Crippen molar-refractivity contribution in [1.82, 2.24) is 10.3 Å². The number of fused-ring (bicyclic) bond motifs is 1. The summed E-state index contributed by atoms with van der Waals surface area (Å²) in [4.78, 5) is 30.1. The molecule has 130 valence electrons. The number of nitrogens with one attached hydrogen (secondary N) is 1. The number of anilines is 1. The normalized spacial score (nSPS) is 16.1. The number of nitrogens with zero attached hydrogens (tertiary/aromatic N) is 2. The van der Waals surface area contributed by atoms with E-state index < -0.39 is 6.10 Å². The van der Waals surface area contributed by atoms with E-state index in [1.54, 1.807) is 24.2 Å². The number of amides is 2. The van der Waals surface area contributed by atoms with Crippen LogP contribution in [0.3, 0.4) is 0 Å². The van der Waals surface area contributed by atoms with Gasteiger partial charge in [0.2, 0.25) is 5.91 Å². The smallest absolute Gasteiger partial charge is 0.267 e. The second kappa shape index (κ2) is 7.79. The average molecular weight is 339 g/mol. The van der Waals surface area contributed by atoms with Crippen molar-refractivity contribution in [2.45, 2.75) is 25.9 Å². The minimum absolute atomic E-state index is 0.0756. The number of hydrogen-bond acceptors (Lipinski definition) is 4. The average Bonchev–Trinajstić information content (AvgIpc) is 2.63. The molecule has 0 aliphatic carbocycles. The number of carbonyl (C=O) groups is 2. The van der Waals surface area contributed by atoms with Crippen molar-refractivity contribution in [3.63, 3.8) is 0 Å². The van der Waals surface area contributed by atoms with Gasteiger partial charge in [-0.3, -0.25) is 14.6 Å². The highest BCUT2D eigenvalue weighted by Gasteiger charge is 2.31. The van der Waals surface area contributed by atoms with Crippen LogP contribution in [0.4, 0.5) is 5.69 Å². The summed E-state index contributed by atoms with van der Waals surface area (Å²) in [6.45, 7) is 2.61. The largest absolute Gasteiger partial charge is 0.479 e. The van der Waals surface area contributed by atoms with Crippen molar-refractivity contribution in [2.24, 2.45) is 0 Å². The molecular weight excluding hydrogens is 318 g/mol. The minimum Gasteiger partial charge on any atom is -0.479 e. The maximum atomic E-state index is 12.4. The van der Waals surface area contributed by atoms with Crippen LogP contribution in [0, 0.1) is 0 Å². The zero-order valence-electron chi connectivity index (χ0n) is 14.1. The Morgan fingerprint density at radius 1 is 1.28 bits per heavy atom. The first-order valence-corrected chi connectivity index (χ1v) is 8.38. The lowest BCUT2D eigenvalue weighted by atomic mass is 10.1. The number of rotatable bonds is 6. The van der Waals surface area contributed by atoms with E-state index in [1.807, 2.05) is 36.4 Å². The summed E-state index contributed by atoms with van der Waals surface area (Å²) >= 11 is 0. The molecule has 0 saturated carbocycles. The van der Waals surface area contributed by atoms with Crippen LogP contribution in [-0.2, 0) is 16.0 Å². The molecule has 1 aliphatic rings. The standard InChI is InChI=1S/C19H21N3O3/c1-14-19(24)22(16-6-2-3-7-17(16)25-14)12-9-18(23)21-11-8-15-5-4-10-20-13-15/h2-7,10,13-14H,8-9,11-12H2,1H3,(H,21,23). The van der Waals surface area contributed by atoms with Gasteiger partial charge < -0.3 is 15.0 Å². The van der Waals surface area contributed by atoms with Gasteiger partial charge in [-0.15, -0.1) is 0 Å². The fraction of sp³-hybridized carbons (Fsp3) is 0.316. The van der Waals surface area contributed by atoms with Crippen molar-refractivity contribution in [3.05, 3.63) is 54.4 Å². The Morgan fingerprint density at radius 3 is 2.92 bits per heavy atom. The van der Waals surface area contributed by atoms with Crippen molar-refractivity contribution in [1.29, 1.82) is 0 Å². The Morgan fingerprint density at radius 2 is 2.12 bits per heavy atom. The molecule has 1 unspecified atom stereocenters. The summed E-state index contributed by atoms with van der Waals surface area (Å²) < 4.78 is 5.60. The number of hydrogen-bond donors (Lipinski definition) is 1. The quantitative estimate of drug-likeness (QED) is 0.873. The Hall–Kier alpha value is -2.89. The highest BCUT2D eigenvalue weighted by Crippen LogP contribution is 2.33. The van der Waals surface area contributed by atoms with E-state index >= 15 is 0 Å². The van der Waals surface area contributed by atoms with Gasteiger partial charge in [0, 0.05) is 31.9 Å². The van der Waals surface area contributed by atoms with Crippen LogP contribution in [0.25, 0.3) is 0 Å². The first kappa shape index (κ1) is 17.0. The summed E-state index contributed by atoms with van der Waals surface area (Å²) in [6.07, 6.45) is 3.95. The third-order valence-corrected chi connectivity index (χ3v) is 4.09. The molecule has 0 saturated heterocycles. The van der Waals surface area contributed by atoms with Crippen LogP contribution < -0.4 is 15.0 Å². The number of ether oxygens (including phenoxy) is 1. The van der Waals surface area contributed by atoms with Crippen LogP contribution >= 0.6 is 0 Å². The number of aromatic nitrogens is 1. The van der Waals surface area contributed by atoms with Crippen LogP contribution in [0.5, 0.6) is 5.75 Å². The van der Waals surface area contributed by atoms with Gasteiger partial charge in [-0.1, -0.05) is 18.2 Å². The van der Waals surface area contributed by atoms with E-state index in [-0.39, 0.29) is 18.2 Å². The predicted molar refractivity (Wildman–Crippen MR) is 94.5 cm³/mol. The number of pyridine rings is 1. The molecule has 3 rings (SSSR count). The Kier molecular flexibility index (Phi) is 5.28. The van der Waals surface area contributed by atoms with Gasteiger partial charge >= 0.3 is 0 Å². The zero-order chi connectivity index (χ0) is 17.6. The van der Waals surface area contributed by atoms with E-state index in [9.17, 15) is 9.59 Å². The number of para-hydroxylation sites is 2. The van der Waals surface area contributed by atoms with E-state index in [2.05, 4.69) is 10.3 Å². The van der Waals surface area contributed by atoms with Gasteiger partial charge in [0.1, 0.15) is 5.75 Å². The molecule has 1 atom stereocenters. The Labute approximate surface area is 146 Å². The van der Waals surface area contributed by atoms with Gasteiger partial charge in [-0.2, -0.15) is 0 Å². The van der Waals surface area contributed by atoms with Gasteiger partial charge in [-0.25, -0.2) is 0 Å². The zero-order valence-corrected chi connectivity index (χ0v) is 14.1. The molecule has 2 aromatic rings. The summed E-state index contributed by atoms with van der Waals surface area (Å²) in [7, 11) is 0. The first-order valence-electron chi connectivity index (χ1n) is 8.38. The molecule has 0 bridgehead atoms. The summed E-state index contributed by atoms with van der Waals surface area (Å²) in [5.41, 5.74) is 1.79. The fourth-order valence-electron chi connectivity index (χ4n) is 2.78. The molecule has 1 aliphatic heterocycles. The molecule has 1 aromatic carbocycles. The predicted octanol–water partition coefficient (Wildman–Crippen LogP) is 1.94. The van der Waals surface area contributed by atoms with Crippen LogP contribution in [0.15, 0.2) is 48.8 Å². The van der Waals surface area contributed by atoms with E-state index in [1.165, 1.54) is 0 Å². The monoisotopic (exact) mass is 339 g/mol. The second-order valence-corrected chi connectivity index (χ2v) is 5.93. The highest BCUT2D eigenvalue weighted by molar-refractivity contribution is 6.00. The molecule has 2 amide bonds. The lowest BCUT2D eigenvalue weighted by Crippen LogP contribution is -2.45. The van der Waals surface area contributed by atoms with Crippen molar-refractivity contribution in [2.75, 3.05) is 18.0 Å². The topological polar surface area (TPSA) is 71.5 Å². The second-order valence-electron chi connectivity index (χ2n) is 5.93. The lowest BCUT2D eigenvalue weighted by Gasteiger charge is -2.32. The van der Waals surface area contributed by atoms with Gasteiger partial charge in [0.05, 0.1) is 5.69 Å². The van der Waals surface area contributed by atoms with Crippen LogP contribution in [0.2, 0.25) is 0 Å². The van der Waals surface area contributed by atoms with Crippen LogP contribution in [0.1, 0.15) is 18.9 Å². The van der Waals surface area contributed by atoms with E-state index in [0.29, 0.717) is 24.5 Å². The van der Waals surface area contributed by atoms with Crippen molar-refractivity contribution in [3.8, 4) is 5.75 Å². The molecule has 2 heterocycles. The minimum atomic E-state index is -0.538. The molecule has 6 heteroatoms. The molecule has 25 heavy (non-hydrogen) atoms. The lowest BCUT2D eigenvalue weighted by molar-refractivity contribution is -0.125. The number of carbonyl (C=O) groups excluding carboxylic acids is 2. The molecule has 0 spiro atoms. The summed E-state index contributed by atoms with van der Waals surface area (Å²) in [5, 5.41) is 2.88. The molecule has 6 nitrogen and oxygen atoms in total. The molecule has 1 aromatic heterocycles. The SMILES string of the molecule is CC1Oc2ccccc2N(CCC(=O)NCCc2cccnc2)C1=O. The maximum Gasteiger partial charge on any atom is 0.267 e. The Balaban J connectivity index is 1.52. The van der Waals surface area contributed by atoms with Gasteiger partial charge in [0.25, 0.3) is 5.91 Å². The third kappa shape index (κ3) is 4.15. The van der Waals surface area contributed by atoms with E-state index in [4.69, 9.17) is 4.74 Å². The van der Waals surface area contributed by atoms with Crippen LogP contribution in [-0.4, -0.2) is 36.0 Å². The molecular formula is C19H21N3O3. The van der Waals surface area contributed by atoms with E-state index in [0.717, 1.165) is 12.0 Å². The molecule has 0 fully saturated rings. The maximum absolute atomic E-state index is 12.4. The van der Waals surface area contributed by atoms with Crippen molar-refractivity contribution < 1.29 is 14.3 Å². The first-order chi connectivity index (χ1) is 12.1. The summed E-state index contributed by atoms with van der Waals surface area (Å²) in [5.74, 6) is 0.474. The third-order valence-electron chi connectivity index (χ3n) is 4.09. The summed E-state index contributed by atoms with van der Waals surface area (Å²) in [6, 6.07) is 11.2. The molecule has 1 N–H and O–H groups in total. The van der Waals surface area contributed by atoms with Crippen molar-refractivity contribution >= 4 is 17.5 Å². The van der Waals surface area contributed by atoms with Gasteiger partial charge in [0.15, 0.2) is 6.10 Å². The highest BCUT2D eigenvalue weighted by atomic mass is 16.5. The Bertz CT molecular complexity index is 749.